The number of amides is 2. The molecule has 0 saturated carbocycles. The van der Waals surface area contributed by atoms with Crippen molar-refractivity contribution in [3.63, 3.8) is 0 Å². The van der Waals surface area contributed by atoms with Crippen molar-refractivity contribution in [3.8, 4) is 0 Å². The Balaban J connectivity index is 1.70. The highest BCUT2D eigenvalue weighted by molar-refractivity contribution is 5.96. The van der Waals surface area contributed by atoms with Crippen molar-refractivity contribution in [3.05, 3.63) is 71.0 Å². The Bertz CT molecular complexity index is 856. The fourth-order valence-corrected chi connectivity index (χ4v) is 2.43. The van der Waals surface area contributed by atoms with Gasteiger partial charge in [-0.2, -0.15) is 0 Å². The molecule has 0 saturated heterocycles. The van der Waals surface area contributed by atoms with Crippen molar-refractivity contribution in [2.75, 3.05) is 13.2 Å². The first-order chi connectivity index (χ1) is 13.6. The van der Waals surface area contributed by atoms with Gasteiger partial charge in [0.2, 0.25) is 0 Å². The summed E-state index contributed by atoms with van der Waals surface area (Å²) in [6, 6.07) is 12.8. The van der Waals surface area contributed by atoms with Crippen LogP contribution >= 0.6 is 0 Å². The van der Waals surface area contributed by atoms with Crippen molar-refractivity contribution in [2.45, 2.75) is 32.7 Å². The molecule has 2 rings (SSSR count). The van der Waals surface area contributed by atoms with Crippen molar-refractivity contribution in [1.82, 2.24) is 10.6 Å². The van der Waals surface area contributed by atoms with E-state index in [1.807, 2.05) is 12.1 Å². The van der Waals surface area contributed by atoms with E-state index < -0.39 is 24.4 Å². The number of benzene rings is 2. The fourth-order valence-electron chi connectivity index (χ4n) is 2.43. The number of ether oxygens (including phenoxy) is 1. The number of hydrogen-bond acceptors (Lipinski definition) is 4. The lowest BCUT2D eigenvalue weighted by atomic mass is 9.87. The van der Waals surface area contributed by atoms with Crippen LogP contribution in [-0.2, 0) is 26.3 Å². The van der Waals surface area contributed by atoms with E-state index in [1.54, 1.807) is 24.3 Å². The number of nitrogens with one attached hydrogen (secondary N) is 2. The summed E-state index contributed by atoms with van der Waals surface area (Å²) < 4.78 is 17.7. The number of halogens is 1. The third-order valence-electron chi connectivity index (χ3n) is 4.17. The number of hydrogen-bond donors (Lipinski definition) is 2. The van der Waals surface area contributed by atoms with Crippen molar-refractivity contribution >= 4 is 17.8 Å². The van der Waals surface area contributed by atoms with E-state index >= 15 is 0 Å². The average Bonchev–Trinajstić information content (AvgIpc) is 2.69. The summed E-state index contributed by atoms with van der Waals surface area (Å²) >= 11 is 0. The van der Waals surface area contributed by atoms with Gasteiger partial charge in [0.15, 0.2) is 6.61 Å². The van der Waals surface area contributed by atoms with Gasteiger partial charge in [0, 0.05) is 12.1 Å². The molecule has 0 atom stereocenters. The Labute approximate surface area is 169 Å². The van der Waals surface area contributed by atoms with Crippen LogP contribution in [0, 0.1) is 5.82 Å². The molecule has 0 bridgehead atoms. The molecule has 0 unspecified atom stereocenters. The van der Waals surface area contributed by atoms with Crippen LogP contribution < -0.4 is 10.6 Å². The van der Waals surface area contributed by atoms with Gasteiger partial charge in [-0.3, -0.25) is 14.4 Å². The maximum atomic E-state index is 12.8. The van der Waals surface area contributed by atoms with E-state index in [2.05, 4.69) is 31.4 Å². The summed E-state index contributed by atoms with van der Waals surface area (Å²) in [5, 5.41) is 5.02. The predicted molar refractivity (Wildman–Crippen MR) is 107 cm³/mol. The highest BCUT2D eigenvalue weighted by Gasteiger charge is 2.15. The van der Waals surface area contributed by atoms with Crippen molar-refractivity contribution in [1.29, 1.82) is 0 Å². The van der Waals surface area contributed by atoms with Crippen LogP contribution in [0.25, 0.3) is 0 Å². The molecular weight excluding hydrogens is 375 g/mol. The molecule has 154 valence electrons. The molecule has 0 aliphatic carbocycles. The Morgan fingerprint density at radius 2 is 1.55 bits per heavy atom. The number of rotatable bonds is 7. The Morgan fingerprint density at radius 1 is 0.931 bits per heavy atom. The van der Waals surface area contributed by atoms with E-state index in [-0.39, 0.29) is 24.3 Å². The molecule has 29 heavy (non-hydrogen) atoms. The molecule has 2 amide bonds. The topological polar surface area (TPSA) is 84.5 Å². The molecule has 2 N–H and O–H groups in total. The molecule has 6 nitrogen and oxygen atoms in total. The van der Waals surface area contributed by atoms with Gasteiger partial charge >= 0.3 is 5.97 Å². The lowest BCUT2D eigenvalue weighted by Crippen LogP contribution is -2.33. The number of esters is 1. The second-order valence-electron chi connectivity index (χ2n) is 7.57. The summed E-state index contributed by atoms with van der Waals surface area (Å²) in [5.74, 6) is -1.97. The molecule has 2 aromatic rings. The van der Waals surface area contributed by atoms with E-state index in [9.17, 15) is 18.8 Å². The molecule has 0 aromatic heterocycles. The Hall–Kier alpha value is -3.22. The van der Waals surface area contributed by atoms with Crippen molar-refractivity contribution < 1.29 is 23.5 Å². The largest absolute Gasteiger partial charge is 0.454 e. The van der Waals surface area contributed by atoms with Gasteiger partial charge < -0.3 is 15.4 Å². The monoisotopic (exact) mass is 400 g/mol. The third-order valence-corrected chi connectivity index (χ3v) is 4.17. The Morgan fingerprint density at radius 3 is 2.14 bits per heavy atom. The maximum Gasteiger partial charge on any atom is 0.325 e. The van der Waals surface area contributed by atoms with Crippen LogP contribution in [0.5, 0.6) is 0 Å². The smallest absolute Gasteiger partial charge is 0.325 e. The third kappa shape index (κ3) is 7.37. The van der Waals surface area contributed by atoms with Gasteiger partial charge in [0.25, 0.3) is 11.8 Å². The average molecular weight is 400 g/mol. The van der Waals surface area contributed by atoms with Gasteiger partial charge in [0.05, 0.1) is 0 Å². The van der Waals surface area contributed by atoms with E-state index in [0.29, 0.717) is 5.56 Å². The van der Waals surface area contributed by atoms with Crippen LogP contribution in [0.2, 0.25) is 0 Å². The molecule has 0 heterocycles. The summed E-state index contributed by atoms with van der Waals surface area (Å²) in [6.07, 6.45) is 0. The minimum atomic E-state index is -0.721. The molecule has 7 heteroatoms. The van der Waals surface area contributed by atoms with Crippen LogP contribution in [0.15, 0.2) is 48.5 Å². The minimum Gasteiger partial charge on any atom is -0.454 e. The Kier molecular flexibility index (Phi) is 7.47. The lowest BCUT2D eigenvalue weighted by molar-refractivity contribution is -0.147. The molecule has 2 aromatic carbocycles. The van der Waals surface area contributed by atoms with Crippen LogP contribution in [0.3, 0.4) is 0 Å². The van der Waals surface area contributed by atoms with Gasteiger partial charge in [0.1, 0.15) is 12.4 Å². The zero-order chi connectivity index (χ0) is 21.4. The maximum absolute atomic E-state index is 12.8. The highest BCUT2D eigenvalue weighted by Crippen LogP contribution is 2.22. The second kappa shape index (κ2) is 9.82. The van der Waals surface area contributed by atoms with Crippen LogP contribution in [0.1, 0.15) is 42.3 Å². The van der Waals surface area contributed by atoms with Gasteiger partial charge in [-0.1, -0.05) is 45.0 Å². The minimum absolute atomic E-state index is 0.0178. The molecule has 0 aliphatic rings. The molecule has 0 aliphatic heterocycles. The first-order valence-electron chi connectivity index (χ1n) is 9.20. The first-order valence-corrected chi connectivity index (χ1v) is 9.20. The van der Waals surface area contributed by atoms with Gasteiger partial charge in [-0.05, 0) is 40.8 Å². The zero-order valence-electron chi connectivity index (χ0n) is 16.8. The lowest BCUT2D eigenvalue weighted by Gasteiger charge is -2.19. The first kappa shape index (κ1) is 22.1. The highest BCUT2D eigenvalue weighted by atomic mass is 19.1. The quantitative estimate of drug-likeness (QED) is 0.700. The summed E-state index contributed by atoms with van der Waals surface area (Å²) in [6.45, 7) is 5.62. The normalized spacial score (nSPS) is 10.9. The van der Waals surface area contributed by atoms with Crippen molar-refractivity contribution in [2.24, 2.45) is 0 Å². The van der Waals surface area contributed by atoms with Crippen LogP contribution in [0.4, 0.5) is 4.39 Å². The van der Waals surface area contributed by atoms with Gasteiger partial charge in [-0.25, -0.2) is 4.39 Å². The number of carbonyl (C=O) groups excluding carboxylic acids is 3. The fraction of sp³-hybridized carbons (Fsp3) is 0.318. The van der Waals surface area contributed by atoms with Gasteiger partial charge in [-0.15, -0.1) is 0 Å². The second-order valence-corrected chi connectivity index (χ2v) is 7.57. The molecule has 0 fully saturated rings. The zero-order valence-corrected chi connectivity index (χ0v) is 16.8. The summed E-state index contributed by atoms with van der Waals surface area (Å²) in [4.78, 5) is 35.5. The van der Waals surface area contributed by atoms with E-state index in [4.69, 9.17) is 4.74 Å². The SMILES string of the molecule is CC(C)(C)c1ccc(C(=O)NCC(=O)OCC(=O)NCc2ccc(F)cc2)cc1. The molecular formula is C22H25FN2O4. The van der Waals surface area contributed by atoms with Crippen LogP contribution in [-0.4, -0.2) is 30.9 Å². The molecule has 0 spiro atoms. The molecule has 0 radical (unpaired) electrons. The number of carbonyl (C=O) groups is 3. The standard InChI is InChI=1S/C22H25FN2O4/c1-22(2,3)17-8-6-16(7-9-17)21(28)25-13-20(27)29-14-19(26)24-12-15-4-10-18(23)11-5-15/h4-11H,12-14H2,1-3H3,(H,24,26)(H,25,28). The predicted octanol–water partition coefficient (Wildman–Crippen LogP) is 2.71. The summed E-state index contributed by atoms with van der Waals surface area (Å²) in [7, 11) is 0. The van der Waals surface area contributed by atoms with E-state index in [1.165, 1.54) is 12.1 Å². The summed E-state index contributed by atoms with van der Waals surface area (Å²) in [5.41, 5.74) is 2.23. The van der Waals surface area contributed by atoms with E-state index in [0.717, 1.165) is 11.1 Å².